The Kier molecular flexibility index (Phi) is 5.28. The van der Waals surface area contributed by atoms with Crippen LogP contribution in [0.2, 0.25) is 0 Å². The van der Waals surface area contributed by atoms with E-state index in [1.807, 2.05) is 6.92 Å². The largest absolute Gasteiger partial charge is 0.476 e. The third kappa shape index (κ3) is 3.91. The van der Waals surface area contributed by atoms with Gasteiger partial charge in [0.2, 0.25) is 0 Å². The number of allylic oxidation sites excluding steroid dienone is 1. The maximum Gasteiger partial charge on any atom is 0.355 e. The number of aliphatic imine (C=N–C) groups is 1. The lowest BCUT2D eigenvalue weighted by Gasteiger charge is -2.69. The average molecular weight is 426 g/mol. The summed E-state index contributed by atoms with van der Waals surface area (Å²) in [5, 5.41) is 9.53. The number of rotatable bonds is 7. The number of hydrogen-bond donors (Lipinski definition) is 2. The molecule has 6 heteroatoms. The molecule has 0 aromatic carbocycles. The van der Waals surface area contributed by atoms with Crippen LogP contribution >= 0.6 is 0 Å². The van der Waals surface area contributed by atoms with Crippen molar-refractivity contribution in [3.05, 3.63) is 35.8 Å². The maximum atomic E-state index is 11.6. The van der Waals surface area contributed by atoms with Gasteiger partial charge in [-0.15, -0.1) is 0 Å². The van der Waals surface area contributed by atoms with Gasteiger partial charge >= 0.3 is 5.97 Å². The standard InChI is InChI=1S/C25H35N3O3/c1-5-31-25-13-22(3)10-23(4,14-25)12-24(11-22,15-25)16-28-17(2)19(9-26)18-7-6-8-27-20(18)21(29)30/h6-9H,5,10-16,26H2,1-4H3,(H,29,30). The predicted molar refractivity (Wildman–Crippen MR) is 122 cm³/mol. The molecular formula is C25H35N3O3. The van der Waals surface area contributed by atoms with Gasteiger partial charge < -0.3 is 15.6 Å². The van der Waals surface area contributed by atoms with Crippen molar-refractivity contribution in [1.82, 2.24) is 4.98 Å². The van der Waals surface area contributed by atoms with Crippen LogP contribution in [0.25, 0.3) is 5.57 Å². The predicted octanol–water partition coefficient (Wildman–Crippen LogP) is 4.70. The zero-order valence-corrected chi connectivity index (χ0v) is 19.2. The maximum absolute atomic E-state index is 11.6. The molecule has 0 radical (unpaired) electrons. The first kappa shape index (κ1) is 22.0. The highest BCUT2D eigenvalue weighted by molar-refractivity contribution is 6.24. The first-order chi connectivity index (χ1) is 14.6. The van der Waals surface area contributed by atoms with Gasteiger partial charge in [0, 0.05) is 42.4 Å². The van der Waals surface area contributed by atoms with Crippen LogP contribution in [0.15, 0.2) is 29.5 Å². The lowest BCUT2D eigenvalue weighted by molar-refractivity contribution is -0.240. The summed E-state index contributed by atoms with van der Waals surface area (Å²) in [7, 11) is 0. The first-order valence-corrected chi connectivity index (χ1v) is 11.3. The van der Waals surface area contributed by atoms with Gasteiger partial charge in [-0.3, -0.25) is 4.99 Å². The average Bonchev–Trinajstić information content (AvgIpc) is 2.64. The molecule has 4 fully saturated rings. The quantitative estimate of drug-likeness (QED) is 0.617. The van der Waals surface area contributed by atoms with Crippen LogP contribution in [0.4, 0.5) is 0 Å². The summed E-state index contributed by atoms with van der Waals surface area (Å²) in [6.07, 6.45) is 9.92. The second-order valence-electron chi connectivity index (χ2n) is 11.0. The first-order valence-electron chi connectivity index (χ1n) is 11.3. The molecule has 3 N–H and O–H groups in total. The molecule has 0 aliphatic heterocycles. The minimum Gasteiger partial charge on any atom is -0.476 e. The Hall–Kier alpha value is -2.21. The molecule has 0 amide bonds. The van der Waals surface area contributed by atoms with Crippen LogP contribution in [-0.2, 0) is 4.74 Å². The number of aromatic carboxylic acids is 1. The molecule has 1 heterocycles. The van der Waals surface area contributed by atoms with Gasteiger partial charge in [0.1, 0.15) is 0 Å². The van der Waals surface area contributed by atoms with E-state index in [9.17, 15) is 9.90 Å². The molecular weight excluding hydrogens is 390 g/mol. The van der Waals surface area contributed by atoms with Crippen LogP contribution in [0, 0.1) is 16.2 Å². The molecule has 2 unspecified atom stereocenters. The van der Waals surface area contributed by atoms with Crippen molar-refractivity contribution in [2.24, 2.45) is 27.0 Å². The van der Waals surface area contributed by atoms with E-state index in [0.717, 1.165) is 38.1 Å². The van der Waals surface area contributed by atoms with Gasteiger partial charge in [0.15, 0.2) is 5.69 Å². The van der Waals surface area contributed by atoms with E-state index in [4.69, 9.17) is 15.5 Å². The number of aromatic nitrogens is 1. The van der Waals surface area contributed by atoms with Gasteiger partial charge in [0.05, 0.1) is 5.60 Å². The van der Waals surface area contributed by atoms with Crippen molar-refractivity contribution in [2.45, 2.75) is 71.8 Å². The zero-order chi connectivity index (χ0) is 22.5. The molecule has 4 bridgehead atoms. The fourth-order valence-electron chi connectivity index (χ4n) is 8.03. The zero-order valence-electron chi connectivity index (χ0n) is 19.2. The second-order valence-corrected chi connectivity index (χ2v) is 11.0. The Morgan fingerprint density at radius 3 is 2.48 bits per heavy atom. The minimum absolute atomic E-state index is 0.00104. The highest BCUT2D eigenvalue weighted by Crippen LogP contribution is 2.71. The number of ether oxygens (including phenoxy) is 1. The van der Waals surface area contributed by atoms with Crippen molar-refractivity contribution in [1.29, 1.82) is 0 Å². The summed E-state index contributed by atoms with van der Waals surface area (Å²) in [4.78, 5) is 20.7. The van der Waals surface area contributed by atoms with E-state index in [0.29, 0.717) is 22.0 Å². The van der Waals surface area contributed by atoms with Crippen molar-refractivity contribution >= 4 is 17.3 Å². The normalized spacial score (nSPS) is 37.3. The molecule has 4 aliphatic rings. The van der Waals surface area contributed by atoms with Crippen molar-refractivity contribution in [2.75, 3.05) is 13.2 Å². The Morgan fingerprint density at radius 2 is 1.90 bits per heavy atom. The van der Waals surface area contributed by atoms with Crippen molar-refractivity contribution in [3.8, 4) is 0 Å². The van der Waals surface area contributed by atoms with Gasteiger partial charge in [0.25, 0.3) is 0 Å². The number of carbonyl (C=O) groups is 1. The monoisotopic (exact) mass is 425 g/mol. The van der Waals surface area contributed by atoms with Crippen molar-refractivity contribution in [3.63, 3.8) is 0 Å². The fraction of sp³-hybridized carbons (Fsp3) is 0.640. The Morgan fingerprint density at radius 1 is 1.23 bits per heavy atom. The molecule has 0 spiro atoms. The van der Waals surface area contributed by atoms with E-state index < -0.39 is 5.97 Å². The number of hydrogen-bond acceptors (Lipinski definition) is 5. The highest BCUT2D eigenvalue weighted by Gasteiger charge is 2.65. The molecule has 4 aliphatic carbocycles. The number of carboxylic acids is 1. The Balaban J connectivity index is 1.64. The molecule has 5 rings (SSSR count). The summed E-state index contributed by atoms with van der Waals surface area (Å²) in [5.74, 6) is -1.07. The van der Waals surface area contributed by atoms with Crippen LogP contribution in [-0.4, -0.2) is 40.5 Å². The van der Waals surface area contributed by atoms with E-state index in [1.54, 1.807) is 12.1 Å². The lowest BCUT2D eigenvalue weighted by atomic mass is 9.39. The molecule has 2 atom stereocenters. The molecule has 1 aromatic rings. The Labute approximate surface area is 185 Å². The molecule has 0 saturated heterocycles. The molecule has 4 saturated carbocycles. The van der Waals surface area contributed by atoms with Crippen LogP contribution in [0.1, 0.15) is 82.3 Å². The van der Waals surface area contributed by atoms with E-state index in [2.05, 4.69) is 25.8 Å². The third-order valence-electron chi connectivity index (χ3n) is 7.61. The number of pyridine rings is 1. The van der Waals surface area contributed by atoms with E-state index >= 15 is 0 Å². The summed E-state index contributed by atoms with van der Waals surface area (Å²) >= 11 is 0. The minimum atomic E-state index is -1.07. The molecule has 168 valence electrons. The van der Waals surface area contributed by atoms with Crippen LogP contribution in [0.5, 0.6) is 0 Å². The van der Waals surface area contributed by atoms with Gasteiger partial charge in [-0.05, 0) is 74.7 Å². The second kappa shape index (κ2) is 7.44. The SMILES string of the molecule is CCOC12CC3(C)CC(C)(CC(CN=C(C)C(=CN)c4cccnc4C(=O)O)(C3)C1)C2. The molecule has 6 nitrogen and oxygen atoms in total. The molecule has 1 aromatic heterocycles. The summed E-state index contributed by atoms with van der Waals surface area (Å²) in [5.41, 5.74) is 8.53. The smallest absolute Gasteiger partial charge is 0.355 e. The van der Waals surface area contributed by atoms with E-state index in [1.165, 1.54) is 31.7 Å². The van der Waals surface area contributed by atoms with E-state index in [-0.39, 0.29) is 16.7 Å². The third-order valence-corrected chi connectivity index (χ3v) is 7.61. The number of nitrogens with two attached hydrogens (primary N) is 1. The highest BCUT2D eigenvalue weighted by atomic mass is 16.5. The fourth-order valence-corrected chi connectivity index (χ4v) is 8.03. The topological polar surface area (TPSA) is 97.8 Å². The number of nitrogens with zero attached hydrogens (tertiary/aromatic N) is 2. The van der Waals surface area contributed by atoms with Gasteiger partial charge in [-0.2, -0.15) is 0 Å². The summed E-state index contributed by atoms with van der Waals surface area (Å²) in [6, 6.07) is 3.47. The summed E-state index contributed by atoms with van der Waals surface area (Å²) in [6.45, 7) is 10.4. The lowest BCUT2D eigenvalue weighted by Crippen LogP contribution is -2.64. The van der Waals surface area contributed by atoms with Crippen LogP contribution < -0.4 is 5.73 Å². The van der Waals surface area contributed by atoms with Crippen molar-refractivity contribution < 1.29 is 14.6 Å². The van der Waals surface area contributed by atoms with Crippen LogP contribution in [0.3, 0.4) is 0 Å². The summed E-state index contributed by atoms with van der Waals surface area (Å²) < 4.78 is 6.43. The molecule has 31 heavy (non-hydrogen) atoms. The number of carboxylic acid groups (broad SMARTS) is 1. The Bertz CT molecular complexity index is 933. The van der Waals surface area contributed by atoms with Gasteiger partial charge in [-0.1, -0.05) is 19.9 Å². The van der Waals surface area contributed by atoms with Gasteiger partial charge in [-0.25, -0.2) is 9.78 Å².